The molecule has 1 heterocycles. The molecule has 0 aliphatic rings. The summed E-state index contributed by atoms with van der Waals surface area (Å²) in [5.74, 6) is -0.345. The van der Waals surface area contributed by atoms with Gasteiger partial charge in [0.05, 0.1) is 26.0 Å². The molecule has 2 aromatic rings. The first kappa shape index (κ1) is 20.3. The van der Waals surface area contributed by atoms with Gasteiger partial charge in [0, 0.05) is 24.3 Å². The first-order valence-corrected chi connectivity index (χ1v) is 8.54. The van der Waals surface area contributed by atoms with Gasteiger partial charge in [0.1, 0.15) is 18.0 Å². The molecule has 0 aliphatic heterocycles. The number of aromatic nitrogens is 2. The molecule has 27 heavy (non-hydrogen) atoms. The van der Waals surface area contributed by atoms with E-state index in [2.05, 4.69) is 5.10 Å². The quantitative estimate of drug-likeness (QED) is 0.762. The molecular weight excluding hydrogens is 350 g/mol. The number of carbonyl (C=O) groups is 2. The van der Waals surface area contributed by atoms with Crippen molar-refractivity contribution in [1.29, 1.82) is 0 Å². The summed E-state index contributed by atoms with van der Waals surface area (Å²) in [6, 6.07) is 5.30. The van der Waals surface area contributed by atoms with E-state index >= 15 is 0 Å². The van der Waals surface area contributed by atoms with Crippen LogP contribution in [0.3, 0.4) is 0 Å². The summed E-state index contributed by atoms with van der Waals surface area (Å²) in [6.07, 6.45) is 1.48. The van der Waals surface area contributed by atoms with E-state index < -0.39 is 12.5 Å². The summed E-state index contributed by atoms with van der Waals surface area (Å²) in [5, 5.41) is 13.5. The average Bonchev–Trinajstić information content (AvgIpc) is 3.01. The molecular formula is C19H25N3O5. The van der Waals surface area contributed by atoms with Crippen LogP contribution in [0.4, 0.5) is 0 Å². The minimum Gasteiger partial charge on any atom is -0.497 e. The number of hydrogen-bond donors (Lipinski definition) is 1. The third-order valence-electron chi connectivity index (χ3n) is 4.16. The molecule has 8 heteroatoms. The number of aliphatic carboxylic acids is 1. The van der Waals surface area contributed by atoms with Crippen molar-refractivity contribution in [3.63, 3.8) is 0 Å². The third kappa shape index (κ3) is 4.78. The Balaban J connectivity index is 2.35. The average molecular weight is 375 g/mol. The fraction of sp³-hybridized carbons (Fsp3) is 0.421. The van der Waals surface area contributed by atoms with Gasteiger partial charge in [-0.3, -0.25) is 14.3 Å². The number of carboxylic acids is 1. The lowest BCUT2D eigenvalue weighted by Crippen LogP contribution is -2.35. The molecule has 0 unspecified atom stereocenters. The van der Waals surface area contributed by atoms with Crippen LogP contribution in [0.25, 0.3) is 0 Å². The van der Waals surface area contributed by atoms with Gasteiger partial charge in [-0.05, 0) is 38.5 Å². The van der Waals surface area contributed by atoms with E-state index in [4.69, 9.17) is 9.47 Å². The standard InChI is InChI=1S/C19H25N3O5/c1-12(2)22-13(3)17(9-20-22)19(25)21(11-18(23)24)10-14-6-15(26-4)8-16(7-14)27-5/h6-9,12H,10-11H2,1-5H3,(H,23,24). The molecule has 1 N–H and O–H groups in total. The lowest BCUT2D eigenvalue weighted by Gasteiger charge is -2.21. The van der Waals surface area contributed by atoms with E-state index in [9.17, 15) is 14.7 Å². The van der Waals surface area contributed by atoms with Crippen molar-refractivity contribution in [2.75, 3.05) is 20.8 Å². The summed E-state index contributed by atoms with van der Waals surface area (Å²) < 4.78 is 12.2. The number of amides is 1. The van der Waals surface area contributed by atoms with E-state index in [1.165, 1.54) is 25.3 Å². The maximum atomic E-state index is 13.0. The molecule has 1 aromatic heterocycles. The van der Waals surface area contributed by atoms with E-state index in [0.29, 0.717) is 28.3 Å². The fourth-order valence-corrected chi connectivity index (χ4v) is 2.87. The van der Waals surface area contributed by atoms with E-state index in [1.807, 2.05) is 13.8 Å². The zero-order valence-electron chi connectivity index (χ0n) is 16.2. The summed E-state index contributed by atoms with van der Waals surface area (Å²) in [4.78, 5) is 25.6. The van der Waals surface area contributed by atoms with Crippen molar-refractivity contribution < 1.29 is 24.2 Å². The Morgan fingerprint density at radius 1 is 1.19 bits per heavy atom. The molecule has 0 spiro atoms. The molecule has 8 nitrogen and oxygen atoms in total. The van der Waals surface area contributed by atoms with Crippen LogP contribution in [0.1, 0.15) is 41.5 Å². The van der Waals surface area contributed by atoms with Crippen LogP contribution in [0.5, 0.6) is 11.5 Å². The summed E-state index contributed by atoms with van der Waals surface area (Å²) in [5.41, 5.74) is 1.79. The minimum absolute atomic E-state index is 0.0992. The fourth-order valence-electron chi connectivity index (χ4n) is 2.87. The molecule has 1 aromatic carbocycles. The van der Waals surface area contributed by atoms with Crippen molar-refractivity contribution in [1.82, 2.24) is 14.7 Å². The molecule has 0 fully saturated rings. The normalized spacial score (nSPS) is 10.7. The summed E-state index contributed by atoms with van der Waals surface area (Å²) >= 11 is 0. The van der Waals surface area contributed by atoms with E-state index in [1.54, 1.807) is 29.8 Å². The predicted octanol–water partition coefficient (Wildman–Crippen LogP) is 2.52. The Morgan fingerprint density at radius 3 is 2.22 bits per heavy atom. The van der Waals surface area contributed by atoms with Crippen molar-refractivity contribution in [2.24, 2.45) is 0 Å². The van der Waals surface area contributed by atoms with E-state index in [0.717, 1.165) is 0 Å². The highest BCUT2D eigenvalue weighted by molar-refractivity contribution is 5.96. The van der Waals surface area contributed by atoms with Crippen molar-refractivity contribution in [3.05, 3.63) is 41.2 Å². The zero-order chi connectivity index (χ0) is 20.1. The molecule has 0 saturated carbocycles. The second-order valence-electron chi connectivity index (χ2n) is 6.46. The lowest BCUT2D eigenvalue weighted by atomic mass is 10.1. The molecule has 146 valence electrons. The highest BCUT2D eigenvalue weighted by Gasteiger charge is 2.24. The predicted molar refractivity (Wildman–Crippen MR) is 99.3 cm³/mol. The van der Waals surface area contributed by atoms with Gasteiger partial charge in [-0.1, -0.05) is 0 Å². The van der Waals surface area contributed by atoms with Crippen LogP contribution in [0.2, 0.25) is 0 Å². The van der Waals surface area contributed by atoms with Gasteiger partial charge in [0.15, 0.2) is 0 Å². The maximum absolute atomic E-state index is 13.0. The number of carbonyl (C=O) groups excluding carboxylic acids is 1. The van der Waals surface area contributed by atoms with Crippen LogP contribution in [-0.2, 0) is 11.3 Å². The van der Waals surface area contributed by atoms with Crippen molar-refractivity contribution in [2.45, 2.75) is 33.4 Å². The molecule has 0 saturated heterocycles. The summed E-state index contributed by atoms with van der Waals surface area (Å²) in [6.45, 7) is 5.40. The SMILES string of the molecule is COc1cc(CN(CC(=O)O)C(=O)c2cnn(C(C)C)c2C)cc(OC)c1. The second-order valence-corrected chi connectivity index (χ2v) is 6.46. The number of methoxy groups -OCH3 is 2. The minimum atomic E-state index is -1.09. The monoisotopic (exact) mass is 375 g/mol. The molecule has 0 radical (unpaired) electrons. The van der Waals surface area contributed by atoms with Crippen molar-refractivity contribution in [3.8, 4) is 11.5 Å². The zero-order valence-corrected chi connectivity index (χ0v) is 16.2. The van der Waals surface area contributed by atoms with Gasteiger partial charge in [0.2, 0.25) is 0 Å². The highest BCUT2D eigenvalue weighted by Crippen LogP contribution is 2.24. The Kier molecular flexibility index (Phi) is 6.44. The molecule has 0 aliphatic carbocycles. The van der Waals surface area contributed by atoms with Gasteiger partial charge in [-0.25, -0.2) is 0 Å². The molecule has 2 rings (SSSR count). The molecule has 0 atom stereocenters. The highest BCUT2D eigenvalue weighted by atomic mass is 16.5. The molecule has 1 amide bonds. The number of ether oxygens (including phenoxy) is 2. The largest absolute Gasteiger partial charge is 0.497 e. The number of nitrogens with zero attached hydrogens (tertiary/aromatic N) is 3. The van der Waals surface area contributed by atoms with Gasteiger partial charge in [0.25, 0.3) is 5.91 Å². The number of hydrogen-bond acceptors (Lipinski definition) is 5. The van der Waals surface area contributed by atoms with Crippen molar-refractivity contribution >= 4 is 11.9 Å². The van der Waals surface area contributed by atoms with Crippen LogP contribution >= 0.6 is 0 Å². The smallest absolute Gasteiger partial charge is 0.323 e. The number of rotatable bonds is 8. The van der Waals surface area contributed by atoms with Crippen LogP contribution in [0, 0.1) is 6.92 Å². The Labute approximate surface area is 158 Å². The van der Waals surface area contributed by atoms with Gasteiger partial charge >= 0.3 is 5.97 Å². The van der Waals surface area contributed by atoms with Crippen LogP contribution in [-0.4, -0.2) is 52.4 Å². The first-order valence-electron chi connectivity index (χ1n) is 8.54. The van der Waals surface area contributed by atoms with Gasteiger partial charge < -0.3 is 19.5 Å². The maximum Gasteiger partial charge on any atom is 0.323 e. The lowest BCUT2D eigenvalue weighted by molar-refractivity contribution is -0.137. The van der Waals surface area contributed by atoms with Gasteiger partial charge in [-0.15, -0.1) is 0 Å². The van der Waals surface area contributed by atoms with E-state index in [-0.39, 0.29) is 18.5 Å². The Bertz CT molecular complexity index is 806. The second kappa shape index (κ2) is 8.57. The van der Waals surface area contributed by atoms with Crippen LogP contribution in [0.15, 0.2) is 24.4 Å². The molecule has 0 bridgehead atoms. The topological polar surface area (TPSA) is 93.9 Å². The van der Waals surface area contributed by atoms with Crippen LogP contribution < -0.4 is 9.47 Å². The first-order chi connectivity index (χ1) is 12.8. The Morgan fingerprint density at radius 2 is 1.78 bits per heavy atom. The van der Waals surface area contributed by atoms with Gasteiger partial charge in [-0.2, -0.15) is 5.10 Å². The number of benzene rings is 1. The summed E-state index contributed by atoms with van der Waals surface area (Å²) in [7, 11) is 3.06. The Hall–Kier alpha value is -3.03. The number of carboxylic acid groups (broad SMARTS) is 1. The third-order valence-corrected chi connectivity index (χ3v) is 4.16.